The van der Waals surface area contributed by atoms with Crippen LogP contribution in [-0.2, 0) is 23.0 Å². The van der Waals surface area contributed by atoms with Gasteiger partial charge in [0.2, 0.25) is 0 Å². The standard InChI is InChI=1S/C40H42N4O4S/c1-3-5-23-43(24-6-4-2)38-17-11-16-37(41-38)35-21-19-32(27-36(35)40(46)44-25-22-30-13-8-10-15-33(30)28-44)39(45)42-49(47,48)34-20-18-29-12-7-9-14-31(29)26-34/h7-21,26-27H,3-6,22-25,28H2,1-2H3,(H,42,45). The second-order valence-corrected chi connectivity index (χ2v) is 14.2. The van der Waals surface area contributed by atoms with Gasteiger partial charge in [0.25, 0.3) is 21.8 Å². The summed E-state index contributed by atoms with van der Waals surface area (Å²) < 4.78 is 28.9. The van der Waals surface area contributed by atoms with Crippen LogP contribution >= 0.6 is 0 Å². The maximum atomic E-state index is 14.3. The number of nitrogens with zero attached hydrogens (tertiary/aromatic N) is 3. The van der Waals surface area contributed by atoms with Gasteiger partial charge in [0.1, 0.15) is 5.82 Å². The van der Waals surface area contributed by atoms with Crippen LogP contribution in [0.5, 0.6) is 0 Å². The lowest BCUT2D eigenvalue weighted by atomic mass is 9.96. The summed E-state index contributed by atoms with van der Waals surface area (Å²) in [4.78, 5) is 37.0. The van der Waals surface area contributed by atoms with Crippen molar-refractivity contribution in [2.24, 2.45) is 0 Å². The Labute approximate surface area is 288 Å². The molecule has 1 aliphatic rings. The molecule has 5 aromatic rings. The third kappa shape index (κ3) is 7.67. The van der Waals surface area contributed by atoms with Crippen LogP contribution in [0.25, 0.3) is 22.0 Å². The van der Waals surface area contributed by atoms with Crippen LogP contribution in [0, 0.1) is 0 Å². The predicted molar refractivity (Wildman–Crippen MR) is 195 cm³/mol. The number of pyridine rings is 1. The zero-order valence-corrected chi connectivity index (χ0v) is 28.9. The van der Waals surface area contributed by atoms with E-state index in [4.69, 9.17) is 4.98 Å². The van der Waals surface area contributed by atoms with Crippen molar-refractivity contribution in [3.63, 3.8) is 0 Å². The molecule has 6 rings (SSSR count). The number of anilines is 1. The van der Waals surface area contributed by atoms with Crippen molar-refractivity contribution in [1.29, 1.82) is 0 Å². The van der Waals surface area contributed by atoms with Gasteiger partial charge in [-0.05, 0) is 77.6 Å². The van der Waals surface area contributed by atoms with Crippen molar-refractivity contribution in [3.8, 4) is 11.3 Å². The molecule has 0 spiro atoms. The highest BCUT2D eigenvalue weighted by atomic mass is 32.2. The number of carbonyl (C=O) groups is 2. The van der Waals surface area contributed by atoms with Gasteiger partial charge in [-0.3, -0.25) is 9.59 Å². The normalized spacial score (nSPS) is 12.8. The maximum Gasteiger partial charge on any atom is 0.265 e. The smallest absolute Gasteiger partial charge is 0.265 e. The minimum absolute atomic E-state index is 0.0174. The van der Waals surface area contributed by atoms with Gasteiger partial charge in [0, 0.05) is 42.9 Å². The molecule has 2 heterocycles. The Morgan fingerprint density at radius 1 is 0.796 bits per heavy atom. The molecule has 0 radical (unpaired) electrons. The predicted octanol–water partition coefficient (Wildman–Crippen LogP) is 7.63. The van der Waals surface area contributed by atoms with Crippen molar-refractivity contribution in [2.75, 3.05) is 24.5 Å². The lowest BCUT2D eigenvalue weighted by Crippen LogP contribution is -2.36. The van der Waals surface area contributed by atoms with Crippen molar-refractivity contribution >= 4 is 38.4 Å². The fraction of sp³-hybridized carbons (Fsp3) is 0.275. The Morgan fingerprint density at radius 2 is 1.51 bits per heavy atom. The minimum Gasteiger partial charge on any atom is -0.357 e. The maximum absolute atomic E-state index is 14.3. The quantitative estimate of drug-likeness (QED) is 0.146. The number of carbonyl (C=O) groups excluding carboxylic acids is 2. The topological polar surface area (TPSA) is 99.7 Å². The first-order valence-corrected chi connectivity index (χ1v) is 18.5. The molecule has 8 nitrogen and oxygen atoms in total. The molecule has 0 aliphatic carbocycles. The van der Waals surface area contributed by atoms with E-state index in [-0.39, 0.29) is 16.4 Å². The largest absolute Gasteiger partial charge is 0.357 e. The Kier molecular flexibility index (Phi) is 10.4. The Balaban J connectivity index is 1.36. The number of hydrogen-bond acceptors (Lipinski definition) is 6. The first kappa shape index (κ1) is 33.9. The molecule has 0 saturated heterocycles. The Morgan fingerprint density at radius 3 is 2.27 bits per heavy atom. The van der Waals surface area contributed by atoms with E-state index < -0.39 is 15.9 Å². The molecule has 0 bridgehead atoms. The first-order chi connectivity index (χ1) is 23.8. The second-order valence-electron chi connectivity index (χ2n) is 12.5. The minimum atomic E-state index is -4.19. The molecular formula is C40H42N4O4S. The SMILES string of the molecule is CCCCN(CCCC)c1cccc(-c2ccc(C(=O)NS(=O)(=O)c3ccc4ccccc4c3)cc2C(=O)N2CCc3ccccc3C2)n1. The van der Waals surface area contributed by atoms with Crippen molar-refractivity contribution in [3.05, 3.63) is 125 Å². The van der Waals surface area contributed by atoms with E-state index in [1.165, 1.54) is 17.7 Å². The summed E-state index contributed by atoms with van der Waals surface area (Å²) in [6.07, 6.45) is 4.95. The molecule has 1 aliphatic heterocycles. The number of benzene rings is 4. The van der Waals surface area contributed by atoms with Gasteiger partial charge in [-0.25, -0.2) is 18.1 Å². The summed E-state index contributed by atoms with van der Waals surface area (Å²) in [6, 6.07) is 30.8. The second kappa shape index (κ2) is 15.0. The third-order valence-corrected chi connectivity index (χ3v) is 10.4. The van der Waals surface area contributed by atoms with Crippen LogP contribution in [0.1, 0.15) is 71.4 Å². The molecule has 2 amide bonds. The van der Waals surface area contributed by atoms with Crippen LogP contribution in [0.3, 0.4) is 0 Å². The molecule has 0 unspecified atom stereocenters. The number of fused-ring (bicyclic) bond motifs is 2. The summed E-state index contributed by atoms with van der Waals surface area (Å²) in [5.74, 6) is -0.213. The molecule has 0 saturated carbocycles. The monoisotopic (exact) mass is 674 g/mol. The number of rotatable bonds is 12. The van der Waals surface area contributed by atoms with Gasteiger partial charge in [-0.15, -0.1) is 0 Å². The highest BCUT2D eigenvalue weighted by Crippen LogP contribution is 2.29. The molecule has 1 N–H and O–H groups in total. The third-order valence-electron chi connectivity index (χ3n) is 9.09. The average molecular weight is 675 g/mol. The van der Waals surface area contributed by atoms with Gasteiger partial charge in [0.15, 0.2) is 0 Å². The number of nitrogens with one attached hydrogen (secondary N) is 1. The van der Waals surface area contributed by atoms with E-state index in [1.54, 1.807) is 29.2 Å². The van der Waals surface area contributed by atoms with Crippen LogP contribution < -0.4 is 9.62 Å². The zero-order chi connectivity index (χ0) is 34.4. The molecular weight excluding hydrogens is 633 g/mol. The lowest BCUT2D eigenvalue weighted by Gasteiger charge is -2.30. The van der Waals surface area contributed by atoms with Crippen LogP contribution in [0.15, 0.2) is 108 Å². The molecule has 4 aromatic carbocycles. The van der Waals surface area contributed by atoms with E-state index in [2.05, 4.69) is 29.5 Å². The highest BCUT2D eigenvalue weighted by Gasteiger charge is 2.27. The average Bonchev–Trinajstić information content (AvgIpc) is 3.13. The zero-order valence-electron chi connectivity index (χ0n) is 28.1. The van der Waals surface area contributed by atoms with Crippen LogP contribution in [-0.4, -0.2) is 49.8 Å². The van der Waals surface area contributed by atoms with Gasteiger partial charge in [-0.2, -0.15) is 0 Å². The molecule has 0 fully saturated rings. The fourth-order valence-electron chi connectivity index (χ4n) is 6.29. The number of sulfonamides is 1. The number of unbranched alkanes of at least 4 members (excludes halogenated alkanes) is 2. The fourth-order valence-corrected chi connectivity index (χ4v) is 7.30. The molecule has 49 heavy (non-hydrogen) atoms. The van der Waals surface area contributed by atoms with Crippen molar-refractivity contribution < 1.29 is 18.0 Å². The van der Waals surface area contributed by atoms with Crippen LogP contribution in [0.2, 0.25) is 0 Å². The molecule has 9 heteroatoms. The van der Waals surface area contributed by atoms with Crippen molar-refractivity contribution in [1.82, 2.24) is 14.6 Å². The number of amides is 2. The summed E-state index contributed by atoms with van der Waals surface area (Å²) in [6.45, 7) is 7.08. The molecule has 0 atom stereocenters. The summed E-state index contributed by atoms with van der Waals surface area (Å²) in [5, 5.41) is 1.64. The number of hydrogen-bond donors (Lipinski definition) is 1. The van der Waals surface area contributed by atoms with E-state index in [0.717, 1.165) is 67.3 Å². The van der Waals surface area contributed by atoms with Gasteiger partial charge >= 0.3 is 0 Å². The van der Waals surface area contributed by atoms with Gasteiger partial charge in [0.05, 0.1) is 10.6 Å². The molecule has 1 aromatic heterocycles. The van der Waals surface area contributed by atoms with Gasteiger partial charge in [-0.1, -0.05) is 93.4 Å². The summed E-state index contributed by atoms with van der Waals surface area (Å²) >= 11 is 0. The Hall–Kier alpha value is -5.02. The van der Waals surface area contributed by atoms with E-state index in [0.29, 0.717) is 29.9 Å². The highest BCUT2D eigenvalue weighted by molar-refractivity contribution is 7.90. The first-order valence-electron chi connectivity index (χ1n) is 17.1. The number of aromatic nitrogens is 1. The van der Waals surface area contributed by atoms with Gasteiger partial charge < -0.3 is 9.80 Å². The lowest BCUT2D eigenvalue weighted by molar-refractivity contribution is 0.0735. The Bertz CT molecular complexity index is 2090. The van der Waals surface area contributed by atoms with E-state index >= 15 is 0 Å². The molecule has 252 valence electrons. The van der Waals surface area contributed by atoms with Crippen LogP contribution in [0.4, 0.5) is 5.82 Å². The summed E-state index contributed by atoms with van der Waals surface area (Å²) in [7, 11) is -4.19. The van der Waals surface area contributed by atoms with Crippen molar-refractivity contribution in [2.45, 2.75) is 57.4 Å². The summed E-state index contributed by atoms with van der Waals surface area (Å²) in [5.41, 5.74) is 3.87. The van der Waals surface area contributed by atoms with E-state index in [9.17, 15) is 18.0 Å². The van der Waals surface area contributed by atoms with E-state index in [1.807, 2.05) is 60.7 Å².